The Morgan fingerprint density at radius 2 is 2.05 bits per heavy atom. The topological polar surface area (TPSA) is 87.6 Å². The number of anilines is 3. The maximum Gasteiger partial charge on any atom is 0.136 e. The Labute approximate surface area is 126 Å². The zero-order valence-corrected chi connectivity index (χ0v) is 12.8. The molecule has 0 spiro atoms. The zero-order chi connectivity index (χ0) is 14.7. The van der Waals surface area contributed by atoms with Crippen LogP contribution < -0.4 is 11.1 Å². The van der Waals surface area contributed by atoms with Gasteiger partial charge in [-0.05, 0) is 18.2 Å². The van der Waals surface area contributed by atoms with Crippen molar-refractivity contribution in [1.82, 2.24) is 9.97 Å². The van der Waals surface area contributed by atoms with Gasteiger partial charge in [0.2, 0.25) is 0 Å². The molecule has 0 aliphatic carbocycles. The van der Waals surface area contributed by atoms with Gasteiger partial charge in [0.1, 0.15) is 23.5 Å². The van der Waals surface area contributed by atoms with Crippen molar-refractivity contribution in [2.45, 2.75) is 19.8 Å². The van der Waals surface area contributed by atoms with E-state index in [1.54, 1.807) is 12.1 Å². The number of aromatic nitrogens is 2. The van der Waals surface area contributed by atoms with Crippen LogP contribution in [0.4, 0.5) is 17.3 Å². The normalized spacial score (nSPS) is 10.3. The Balaban J connectivity index is 2.40. The summed E-state index contributed by atoms with van der Waals surface area (Å²) in [6.45, 7) is 4.00. The maximum absolute atomic E-state index is 9.12. The van der Waals surface area contributed by atoms with Crippen molar-refractivity contribution in [3.8, 4) is 6.07 Å². The number of rotatable bonds is 3. The molecule has 1 aromatic carbocycles. The number of halogens is 1. The molecule has 0 unspecified atom stereocenters. The highest BCUT2D eigenvalue weighted by Gasteiger charge is 2.09. The zero-order valence-electron chi connectivity index (χ0n) is 11.2. The summed E-state index contributed by atoms with van der Waals surface area (Å²) in [5, 5.41) is 12.2. The smallest absolute Gasteiger partial charge is 0.136 e. The second kappa shape index (κ2) is 5.88. The van der Waals surface area contributed by atoms with E-state index in [-0.39, 0.29) is 5.92 Å². The molecule has 0 saturated carbocycles. The van der Waals surface area contributed by atoms with E-state index in [0.29, 0.717) is 28.7 Å². The number of nitrogens with zero attached hydrogens (tertiary/aromatic N) is 3. The van der Waals surface area contributed by atoms with Crippen molar-refractivity contribution >= 4 is 33.3 Å². The summed E-state index contributed by atoms with van der Waals surface area (Å²) in [6.07, 6.45) is 0. The van der Waals surface area contributed by atoms with Crippen LogP contribution in [-0.2, 0) is 0 Å². The minimum atomic E-state index is 0.178. The van der Waals surface area contributed by atoms with Crippen molar-refractivity contribution in [2.75, 3.05) is 11.1 Å². The number of benzene rings is 1. The molecule has 6 heteroatoms. The molecule has 0 radical (unpaired) electrons. The highest BCUT2D eigenvalue weighted by molar-refractivity contribution is 9.10. The highest BCUT2D eigenvalue weighted by Crippen LogP contribution is 2.25. The van der Waals surface area contributed by atoms with Gasteiger partial charge in [-0.1, -0.05) is 29.8 Å². The van der Waals surface area contributed by atoms with Crippen LogP contribution in [0.1, 0.15) is 31.2 Å². The van der Waals surface area contributed by atoms with Crippen molar-refractivity contribution < 1.29 is 0 Å². The van der Waals surface area contributed by atoms with Gasteiger partial charge in [0, 0.05) is 16.5 Å². The van der Waals surface area contributed by atoms with E-state index < -0.39 is 0 Å². The van der Waals surface area contributed by atoms with Gasteiger partial charge in [-0.2, -0.15) is 5.26 Å². The minimum Gasteiger partial charge on any atom is -0.384 e. The van der Waals surface area contributed by atoms with E-state index in [0.717, 1.165) is 4.47 Å². The molecule has 0 aliphatic rings. The average Bonchev–Trinajstić information content (AvgIpc) is 2.38. The Hall–Kier alpha value is -2.13. The quantitative estimate of drug-likeness (QED) is 0.897. The van der Waals surface area contributed by atoms with Crippen LogP contribution in [-0.4, -0.2) is 9.97 Å². The average molecular weight is 332 g/mol. The molecule has 3 N–H and O–H groups in total. The summed E-state index contributed by atoms with van der Waals surface area (Å²) in [6, 6.07) is 9.16. The second-order valence-electron chi connectivity index (χ2n) is 4.62. The number of nitriles is 1. The van der Waals surface area contributed by atoms with Crippen LogP contribution in [0.5, 0.6) is 0 Å². The van der Waals surface area contributed by atoms with Gasteiger partial charge >= 0.3 is 0 Å². The maximum atomic E-state index is 9.12. The van der Waals surface area contributed by atoms with Gasteiger partial charge in [0.15, 0.2) is 0 Å². The Bertz CT molecular complexity index is 676. The molecule has 0 bridgehead atoms. The fraction of sp³-hybridized carbons (Fsp3) is 0.214. The standard InChI is InChI=1S/C14H14BrN5/c1-8(2)14-19-12(17)6-13(20-14)18-11-5-10(15)4-3-9(11)7-16/h3-6,8H,1-2H3,(H3,17,18,19,20). The number of nitrogens with two attached hydrogens (primary N) is 1. The van der Waals surface area contributed by atoms with Crippen molar-refractivity contribution in [2.24, 2.45) is 0 Å². The van der Waals surface area contributed by atoms with Gasteiger partial charge in [0.25, 0.3) is 0 Å². The SMILES string of the molecule is CC(C)c1nc(N)cc(Nc2cc(Br)ccc2C#N)n1. The summed E-state index contributed by atoms with van der Waals surface area (Å²) in [5.74, 6) is 1.83. The van der Waals surface area contributed by atoms with Gasteiger partial charge in [-0.25, -0.2) is 9.97 Å². The van der Waals surface area contributed by atoms with Crippen LogP contribution in [0.15, 0.2) is 28.7 Å². The lowest BCUT2D eigenvalue weighted by atomic mass is 10.2. The first-order valence-electron chi connectivity index (χ1n) is 6.10. The predicted octanol–water partition coefficient (Wildman–Crippen LogP) is 3.56. The predicted molar refractivity (Wildman–Crippen MR) is 82.7 cm³/mol. The number of nitrogens with one attached hydrogen (secondary N) is 1. The van der Waals surface area contributed by atoms with Crippen LogP contribution in [0.25, 0.3) is 0 Å². The van der Waals surface area contributed by atoms with E-state index in [4.69, 9.17) is 11.0 Å². The number of hydrogen-bond donors (Lipinski definition) is 2. The Morgan fingerprint density at radius 1 is 1.30 bits per heavy atom. The molecule has 0 fully saturated rings. The lowest BCUT2D eigenvalue weighted by Gasteiger charge is -2.11. The third kappa shape index (κ3) is 3.25. The monoisotopic (exact) mass is 331 g/mol. The van der Waals surface area contributed by atoms with E-state index in [2.05, 4.69) is 37.3 Å². The van der Waals surface area contributed by atoms with Crippen molar-refractivity contribution in [3.05, 3.63) is 40.1 Å². The third-order valence-corrected chi connectivity index (χ3v) is 3.14. The summed E-state index contributed by atoms with van der Waals surface area (Å²) in [4.78, 5) is 8.59. The fourth-order valence-corrected chi connectivity index (χ4v) is 2.02. The molecular weight excluding hydrogens is 318 g/mol. The molecule has 2 aromatic rings. The minimum absolute atomic E-state index is 0.178. The molecule has 0 aliphatic heterocycles. The molecule has 2 rings (SSSR count). The molecule has 1 heterocycles. The van der Waals surface area contributed by atoms with E-state index in [1.165, 1.54) is 0 Å². The lowest BCUT2D eigenvalue weighted by molar-refractivity contribution is 0.779. The molecule has 0 atom stereocenters. The van der Waals surface area contributed by atoms with E-state index in [1.807, 2.05) is 26.0 Å². The van der Waals surface area contributed by atoms with E-state index in [9.17, 15) is 0 Å². The second-order valence-corrected chi connectivity index (χ2v) is 5.53. The lowest BCUT2D eigenvalue weighted by Crippen LogP contribution is -2.05. The molecule has 1 aromatic heterocycles. The first-order chi connectivity index (χ1) is 9.49. The van der Waals surface area contributed by atoms with Gasteiger partial charge in [-0.3, -0.25) is 0 Å². The number of hydrogen-bond acceptors (Lipinski definition) is 5. The third-order valence-electron chi connectivity index (χ3n) is 2.64. The molecule has 0 amide bonds. The van der Waals surface area contributed by atoms with Crippen molar-refractivity contribution in [3.63, 3.8) is 0 Å². The van der Waals surface area contributed by atoms with Gasteiger partial charge in [-0.15, -0.1) is 0 Å². The van der Waals surface area contributed by atoms with Crippen LogP contribution >= 0.6 is 15.9 Å². The summed E-state index contributed by atoms with van der Waals surface area (Å²) in [7, 11) is 0. The highest BCUT2D eigenvalue weighted by atomic mass is 79.9. The Morgan fingerprint density at radius 3 is 2.70 bits per heavy atom. The molecular formula is C14H14BrN5. The number of nitrogen functional groups attached to an aromatic ring is 1. The van der Waals surface area contributed by atoms with Gasteiger partial charge < -0.3 is 11.1 Å². The Kier molecular flexibility index (Phi) is 4.20. The van der Waals surface area contributed by atoms with Gasteiger partial charge in [0.05, 0.1) is 11.3 Å². The first-order valence-corrected chi connectivity index (χ1v) is 6.90. The fourth-order valence-electron chi connectivity index (χ4n) is 1.66. The largest absolute Gasteiger partial charge is 0.384 e. The molecule has 0 saturated heterocycles. The van der Waals surface area contributed by atoms with Crippen LogP contribution in [0, 0.1) is 11.3 Å². The molecule has 20 heavy (non-hydrogen) atoms. The summed E-state index contributed by atoms with van der Waals surface area (Å²) < 4.78 is 0.880. The molecule has 5 nitrogen and oxygen atoms in total. The van der Waals surface area contributed by atoms with Crippen molar-refractivity contribution in [1.29, 1.82) is 5.26 Å². The first kappa shape index (κ1) is 14.3. The summed E-state index contributed by atoms with van der Waals surface area (Å²) >= 11 is 3.38. The van der Waals surface area contributed by atoms with Crippen LogP contribution in [0.3, 0.4) is 0 Å². The molecule has 102 valence electrons. The van der Waals surface area contributed by atoms with E-state index >= 15 is 0 Å². The van der Waals surface area contributed by atoms with Crippen LogP contribution in [0.2, 0.25) is 0 Å². The summed E-state index contributed by atoms with van der Waals surface area (Å²) in [5.41, 5.74) is 7.00.